The number of hydrogen-bond acceptors (Lipinski definition) is 5. The summed E-state index contributed by atoms with van der Waals surface area (Å²) >= 11 is 0. The fourth-order valence-electron chi connectivity index (χ4n) is 4.05. The van der Waals surface area contributed by atoms with Crippen LogP contribution in [0.1, 0.15) is 35.4 Å². The molecule has 2 aliphatic heterocycles. The van der Waals surface area contributed by atoms with E-state index in [1.165, 1.54) is 6.42 Å². The largest absolute Gasteiger partial charge is 0.497 e. The predicted octanol–water partition coefficient (Wildman–Crippen LogP) is 1.80. The Morgan fingerprint density at radius 1 is 1.19 bits per heavy atom. The monoisotopic (exact) mass is 355 g/mol. The molecule has 1 N–H and O–H groups in total. The van der Waals surface area contributed by atoms with Gasteiger partial charge in [0.1, 0.15) is 5.75 Å². The molecule has 2 fully saturated rings. The number of piperidine rings is 1. The average molecular weight is 355 g/mol. The van der Waals surface area contributed by atoms with Gasteiger partial charge in [-0.1, -0.05) is 5.21 Å². The number of ether oxygens (including phenoxy) is 1. The van der Waals surface area contributed by atoms with Crippen molar-refractivity contribution in [3.63, 3.8) is 0 Å². The highest BCUT2D eigenvalue weighted by atomic mass is 16.5. The number of benzene rings is 1. The van der Waals surface area contributed by atoms with Crippen LogP contribution in [0.5, 0.6) is 5.75 Å². The minimum Gasteiger partial charge on any atom is -0.497 e. The SMILES string of the molecule is COc1ccc(-n2nnc(C(=O)N3CCC4(CCNC4)CC3)c2C)cc1. The van der Waals surface area contributed by atoms with Crippen molar-refractivity contribution in [3.8, 4) is 11.4 Å². The standard InChI is InChI=1S/C19H25N5O2/c1-14-17(21-22-24(14)15-3-5-16(26-2)6-4-15)18(25)23-11-8-19(9-12-23)7-10-20-13-19/h3-6,20H,7-13H2,1-2H3. The Labute approximate surface area is 153 Å². The molecule has 0 atom stereocenters. The van der Waals surface area contributed by atoms with E-state index in [0.29, 0.717) is 11.1 Å². The molecule has 0 unspecified atom stereocenters. The van der Waals surface area contributed by atoms with Gasteiger partial charge in [0, 0.05) is 19.6 Å². The van der Waals surface area contributed by atoms with Crippen LogP contribution < -0.4 is 10.1 Å². The van der Waals surface area contributed by atoms with E-state index >= 15 is 0 Å². The molecule has 2 aromatic rings. The number of carbonyl (C=O) groups excluding carboxylic acids is 1. The number of hydrogen-bond donors (Lipinski definition) is 1. The van der Waals surface area contributed by atoms with Crippen molar-refractivity contribution in [2.24, 2.45) is 5.41 Å². The molecule has 1 amide bonds. The average Bonchev–Trinajstić information content (AvgIpc) is 3.29. The molecule has 1 aromatic carbocycles. The third-order valence-corrected chi connectivity index (χ3v) is 5.86. The maximum absolute atomic E-state index is 12.9. The maximum Gasteiger partial charge on any atom is 0.276 e. The van der Waals surface area contributed by atoms with Gasteiger partial charge in [-0.15, -0.1) is 5.10 Å². The second-order valence-corrected chi connectivity index (χ2v) is 7.35. The fraction of sp³-hybridized carbons (Fsp3) is 0.526. The zero-order valence-electron chi connectivity index (χ0n) is 15.4. The van der Waals surface area contributed by atoms with Crippen molar-refractivity contribution in [3.05, 3.63) is 35.7 Å². The first-order valence-corrected chi connectivity index (χ1v) is 9.19. The van der Waals surface area contributed by atoms with Crippen molar-refractivity contribution < 1.29 is 9.53 Å². The number of aromatic nitrogens is 3. The number of likely N-dealkylation sites (tertiary alicyclic amines) is 1. The van der Waals surface area contributed by atoms with Crippen LogP contribution >= 0.6 is 0 Å². The fourth-order valence-corrected chi connectivity index (χ4v) is 4.05. The number of amides is 1. The van der Waals surface area contributed by atoms with Gasteiger partial charge in [-0.25, -0.2) is 4.68 Å². The minimum absolute atomic E-state index is 0.0110. The van der Waals surface area contributed by atoms with E-state index < -0.39 is 0 Å². The second-order valence-electron chi connectivity index (χ2n) is 7.35. The molecule has 7 heteroatoms. The molecule has 26 heavy (non-hydrogen) atoms. The van der Waals surface area contributed by atoms with Crippen LogP contribution in [0.15, 0.2) is 24.3 Å². The maximum atomic E-state index is 12.9. The molecule has 2 aliphatic rings. The summed E-state index contributed by atoms with van der Waals surface area (Å²) in [6.07, 6.45) is 3.36. The zero-order valence-corrected chi connectivity index (χ0v) is 15.4. The Morgan fingerprint density at radius 2 is 1.92 bits per heavy atom. The summed E-state index contributed by atoms with van der Waals surface area (Å²) in [5, 5.41) is 11.8. The summed E-state index contributed by atoms with van der Waals surface area (Å²) in [4.78, 5) is 14.9. The molecule has 1 spiro atoms. The lowest BCUT2D eigenvalue weighted by Crippen LogP contribution is -2.44. The lowest BCUT2D eigenvalue weighted by atomic mass is 9.78. The molecule has 0 radical (unpaired) electrons. The highest BCUT2D eigenvalue weighted by Crippen LogP contribution is 2.37. The molecule has 0 saturated carbocycles. The second kappa shape index (κ2) is 6.72. The first kappa shape index (κ1) is 17.0. The Hall–Kier alpha value is -2.41. The van der Waals surface area contributed by atoms with E-state index in [9.17, 15) is 4.79 Å². The molecule has 4 rings (SSSR count). The van der Waals surface area contributed by atoms with E-state index in [-0.39, 0.29) is 5.91 Å². The van der Waals surface area contributed by atoms with Crippen molar-refractivity contribution >= 4 is 5.91 Å². The first-order valence-electron chi connectivity index (χ1n) is 9.19. The van der Waals surface area contributed by atoms with Gasteiger partial charge in [0.15, 0.2) is 5.69 Å². The van der Waals surface area contributed by atoms with Crippen LogP contribution in [-0.2, 0) is 0 Å². The van der Waals surface area contributed by atoms with E-state index in [1.54, 1.807) is 11.8 Å². The smallest absolute Gasteiger partial charge is 0.276 e. The van der Waals surface area contributed by atoms with Gasteiger partial charge in [0.2, 0.25) is 0 Å². The van der Waals surface area contributed by atoms with Gasteiger partial charge in [0.25, 0.3) is 5.91 Å². The number of nitrogens with one attached hydrogen (secondary N) is 1. The normalized spacial score (nSPS) is 19.1. The molecule has 7 nitrogen and oxygen atoms in total. The van der Waals surface area contributed by atoms with Crippen LogP contribution in [0.2, 0.25) is 0 Å². The van der Waals surface area contributed by atoms with Crippen LogP contribution in [0.4, 0.5) is 0 Å². The van der Waals surface area contributed by atoms with Gasteiger partial charge in [-0.3, -0.25) is 4.79 Å². The quantitative estimate of drug-likeness (QED) is 0.909. The zero-order chi connectivity index (χ0) is 18.1. The summed E-state index contributed by atoms with van der Waals surface area (Å²) < 4.78 is 6.89. The minimum atomic E-state index is -0.0110. The van der Waals surface area contributed by atoms with Crippen molar-refractivity contribution in [2.75, 3.05) is 33.3 Å². The molecule has 138 valence electrons. The van der Waals surface area contributed by atoms with Crippen molar-refractivity contribution in [1.82, 2.24) is 25.2 Å². The van der Waals surface area contributed by atoms with Gasteiger partial charge >= 0.3 is 0 Å². The Kier molecular flexibility index (Phi) is 4.40. The van der Waals surface area contributed by atoms with Gasteiger partial charge in [-0.05, 0) is 62.4 Å². The van der Waals surface area contributed by atoms with E-state index in [1.807, 2.05) is 36.1 Å². The van der Waals surface area contributed by atoms with E-state index in [2.05, 4.69) is 15.6 Å². The molecule has 1 aromatic heterocycles. The number of nitrogens with zero attached hydrogens (tertiary/aromatic N) is 4. The third-order valence-electron chi connectivity index (χ3n) is 5.86. The van der Waals surface area contributed by atoms with E-state index in [0.717, 1.165) is 56.2 Å². The Balaban J connectivity index is 1.49. The number of carbonyl (C=O) groups is 1. The molecule has 0 aliphatic carbocycles. The first-order chi connectivity index (χ1) is 12.6. The summed E-state index contributed by atoms with van der Waals surface area (Å²) in [6.45, 7) is 5.68. The van der Waals surface area contributed by atoms with Gasteiger partial charge < -0.3 is 15.0 Å². The molecule has 2 saturated heterocycles. The molecule has 3 heterocycles. The Bertz CT molecular complexity index is 783. The lowest BCUT2D eigenvalue weighted by molar-refractivity contribution is 0.0601. The topological polar surface area (TPSA) is 72.3 Å². The Morgan fingerprint density at radius 3 is 2.54 bits per heavy atom. The lowest BCUT2D eigenvalue weighted by Gasteiger charge is -2.38. The molecule has 0 bridgehead atoms. The summed E-state index contributed by atoms with van der Waals surface area (Å²) in [5.41, 5.74) is 2.47. The number of methoxy groups -OCH3 is 1. The van der Waals surface area contributed by atoms with E-state index in [4.69, 9.17) is 4.74 Å². The van der Waals surface area contributed by atoms with Gasteiger partial charge in [0.05, 0.1) is 18.5 Å². The van der Waals surface area contributed by atoms with Crippen LogP contribution in [-0.4, -0.2) is 59.1 Å². The summed E-state index contributed by atoms with van der Waals surface area (Å²) in [7, 11) is 1.64. The van der Waals surface area contributed by atoms with Crippen LogP contribution in [0, 0.1) is 12.3 Å². The van der Waals surface area contributed by atoms with Gasteiger partial charge in [-0.2, -0.15) is 0 Å². The van der Waals surface area contributed by atoms with Crippen LogP contribution in [0.3, 0.4) is 0 Å². The summed E-state index contributed by atoms with van der Waals surface area (Å²) in [5.74, 6) is 0.773. The predicted molar refractivity (Wildman–Crippen MR) is 97.7 cm³/mol. The number of rotatable bonds is 3. The summed E-state index contributed by atoms with van der Waals surface area (Å²) in [6, 6.07) is 7.56. The highest BCUT2D eigenvalue weighted by Gasteiger charge is 2.38. The molecular formula is C19H25N5O2. The van der Waals surface area contributed by atoms with Crippen molar-refractivity contribution in [1.29, 1.82) is 0 Å². The third kappa shape index (κ3) is 2.96. The van der Waals surface area contributed by atoms with Crippen molar-refractivity contribution in [2.45, 2.75) is 26.2 Å². The molecular weight excluding hydrogens is 330 g/mol. The highest BCUT2D eigenvalue weighted by molar-refractivity contribution is 5.93. The van der Waals surface area contributed by atoms with Crippen LogP contribution in [0.25, 0.3) is 5.69 Å².